The number of aliphatic hydroxyl groups excluding tert-OH is 1. The van der Waals surface area contributed by atoms with Gasteiger partial charge in [-0.1, -0.05) is 36.4 Å². The number of carbonyl (C=O) groups is 2. The summed E-state index contributed by atoms with van der Waals surface area (Å²) in [6.07, 6.45) is -0.791. The maximum absolute atomic E-state index is 12.5. The molecule has 2 atom stereocenters. The van der Waals surface area contributed by atoms with Crippen LogP contribution in [-0.4, -0.2) is 39.3 Å². The predicted molar refractivity (Wildman–Crippen MR) is 121 cm³/mol. The van der Waals surface area contributed by atoms with Gasteiger partial charge in [0.25, 0.3) is 0 Å². The molecule has 0 fully saturated rings. The Morgan fingerprint density at radius 2 is 1.61 bits per heavy atom. The van der Waals surface area contributed by atoms with E-state index in [1.165, 1.54) is 6.20 Å². The molecule has 3 rings (SSSR count). The number of esters is 2. The first-order valence-electron chi connectivity index (χ1n) is 10.4. The Balaban J connectivity index is 1.70. The van der Waals surface area contributed by atoms with E-state index in [-0.39, 0.29) is 25.3 Å². The SMILES string of the molecule is Cc1cn(C(O)CC(CCOC(=O)c2ccccc2)OC(=O)c2ccccc2)c(=O)nc1N. The van der Waals surface area contributed by atoms with E-state index in [9.17, 15) is 19.5 Å². The summed E-state index contributed by atoms with van der Waals surface area (Å²) >= 11 is 0. The van der Waals surface area contributed by atoms with E-state index in [0.29, 0.717) is 16.7 Å². The Morgan fingerprint density at radius 1 is 1.03 bits per heavy atom. The molecule has 0 saturated carbocycles. The molecule has 33 heavy (non-hydrogen) atoms. The van der Waals surface area contributed by atoms with Crippen molar-refractivity contribution in [2.75, 3.05) is 12.3 Å². The standard InChI is InChI=1S/C24H25N3O6/c1-16-15-27(24(31)26-21(16)25)20(28)14-19(33-23(30)18-10-6-3-7-11-18)12-13-32-22(29)17-8-4-2-5-9-17/h2-11,15,19-20,28H,12-14H2,1H3,(H2,25,26,31). The Morgan fingerprint density at radius 3 is 2.21 bits per heavy atom. The van der Waals surface area contributed by atoms with Crippen molar-refractivity contribution in [2.45, 2.75) is 32.1 Å². The molecule has 0 aliphatic heterocycles. The zero-order chi connectivity index (χ0) is 23.8. The maximum atomic E-state index is 12.5. The predicted octanol–water partition coefficient (Wildman–Crippen LogP) is 2.49. The van der Waals surface area contributed by atoms with E-state index < -0.39 is 30.0 Å². The summed E-state index contributed by atoms with van der Waals surface area (Å²) in [6.45, 7) is 1.60. The molecule has 9 heteroatoms. The lowest BCUT2D eigenvalue weighted by molar-refractivity contribution is -0.0104. The van der Waals surface area contributed by atoms with E-state index in [1.54, 1.807) is 67.6 Å². The zero-order valence-corrected chi connectivity index (χ0v) is 18.1. The highest BCUT2D eigenvalue weighted by Gasteiger charge is 2.23. The molecule has 0 spiro atoms. The highest BCUT2D eigenvalue weighted by Crippen LogP contribution is 2.18. The monoisotopic (exact) mass is 451 g/mol. The Hall–Kier alpha value is -3.98. The lowest BCUT2D eigenvalue weighted by Crippen LogP contribution is -2.32. The van der Waals surface area contributed by atoms with Gasteiger partial charge in [-0.25, -0.2) is 14.4 Å². The summed E-state index contributed by atoms with van der Waals surface area (Å²) < 4.78 is 11.9. The second-order valence-corrected chi connectivity index (χ2v) is 7.40. The molecule has 0 aliphatic rings. The number of ether oxygens (including phenoxy) is 2. The van der Waals surface area contributed by atoms with Crippen molar-refractivity contribution in [3.63, 3.8) is 0 Å². The van der Waals surface area contributed by atoms with Gasteiger partial charge in [0.1, 0.15) is 18.1 Å². The average Bonchev–Trinajstić information content (AvgIpc) is 2.82. The molecule has 172 valence electrons. The van der Waals surface area contributed by atoms with Gasteiger partial charge in [-0.2, -0.15) is 4.98 Å². The van der Waals surface area contributed by atoms with E-state index in [2.05, 4.69) is 4.98 Å². The van der Waals surface area contributed by atoms with Crippen LogP contribution in [-0.2, 0) is 9.47 Å². The van der Waals surface area contributed by atoms with Crippen LogP contribution in [0.25, 0.3) is 0 Å². The summed E-state index contributed by atoms with van der Waals surface area (Å²) in [7, 11) is 0. The Labute approximate surface area is 190 Å². The van der Waals surface area contributed by atoms with Gasteiger partial charge in [-0.3, -0.25) is 4.57 Å². The third-order valence-corrected chi connectivity index (χ3v) is 4.93. The first kappa shape index (κ1) is 23.7. The van der Waals surface area contributed by atoms with Crippen LogP contribution in [0.4, 0.5) is 5.82 Å². The van der Waals surface area contributed by atoms with Crippen molar-refractivity contribution in [3.05, 3.63) is 94.0 Å². The highest BCUT2D eigenvalue weighted by atomic mass is 16.6. The number of nitrogens with zero attached hydrogens (tertiary/aromatic N) is 2. The molecule has 2 aromatic carbocycles. The topological polar surface area (TPSA) is 134 Å². The smallest absolute Gasteiger partial charge is 0.351 e. The molecule has 0 radical (unpaired) electrons. The van der Waals surface area contributed by atoms with Crippen LogP contribution in [0, 0.1) is 6.92 Å². The Bertz CT molecular complexity index is 1150. The molecular formula is C24H25N3O6. The number of aliphatic hydroxyl groups is 1. The number of nitrogen functional groups attached to an aromatic ring is 1. The molecular weight excluding hydrogens is 426 g/mol. The fourth-order valence-corrected chi connectivity index (χ4v) is 3.10. The van der Waals surface area contributed by atoms with Crippen LogP contribution in [0.5, 0.6) is 0 Å². The number of anilines is 1. The van der Waals surface area contributed by atoms with E-state index in [4.69, 9.17) is 15.2 Å². The molecule has 3 aromatic rings. The lowest BCUT2D eigenvalue weighted by Gasteiger charge is -2.22. The molecule has 0 aliphatic carbocycles. The number of hydrogen-bond acceptors (Lipinski definition) is 8. The molecule has 1 heterocycles. The van der Waals surface area contributed by atoms with Gasteiger partial charge in [-0.05, 0) is 31.2 Å². The van der Waals surface area contributed by atoms with Crippen molar-refractivity contribution in [1.29, 1.82) is 0 Å². The van der Waals surface area contributed by atoms with Gasteiger partial charge >= 0.3 is 17.6 Å². The Kier molecular flexibility index (Phi) is 7.93. The lowest BCUT2D eigenvalue weighted by atomic mass is 10.1. The molecule has 0 saturated heterocycles. The zero-order valence-electron chi connectivity index (χ0n) is 18.1. The van der Waals surface area contributed by atoms with Crippen molar-refractivity contribution in [2.24, 2.45) is 0 Å². The number of carbonyl (C=O) groups excluding carboxylic acids is 2. The van der Waals surface area contributed by atoms with E-state index >= 15 is 0 Å². The molecule has 3 N–H and O–H groups in total. The third-order valence-electron chi connectivity index (χ3n) is 4.93. The average molecular weight is 451 g/mol. The van der Waals surface area contributed by atoms with Gasteiger partial charge in [0, 0.05) is 24.6 Å². The van der Waals surface area contributed by atoms with Crippen LogP contribution in [0.15, 0.2) is 71.7 Å². The highest BCUT2D eigenvalue weighted by molar-refractivity contribution is 5.89. The summed E-state index contributed by atoms with van der Waals surface area (Å²) in [5.41, 5.74) is 6.16. The summed E-state index contributed by atoms with van der Waals surface area (Å²) in [5, 5.41) is 10.6. The normalized spacial score (nSPS) is 12.5. The molecule has 0 bridgehead atoms. The number of nitrogens with two attached hydrogens (primary N) is 1. The van der Waals surface area contributed by atoms with Gasteiger partial charge < -0.3 is 20.3 Å². The van der Waals surface area contributed by atoms with Crippen LogP contribution in [0.3, 0.4) is 0 Å². The first-order valence-corrected chi connectivity index (χ1v) is 10.4. The van der Waals surface area contributed by atoms with Crippen LogP contribution in [0.2, 0.25) is 0 Å². The number of hydrogen-bond donors (Lipinski definition) is 2. The quantitative estimate of drug-likeness (QED) is 0.474. The third kappa shape index (κ3) is 6.50. The minimum absolute atomic E-state index is 0.0545. The van der Waals surface area contributed by atoms with E-state index in [1.807, 2.05) is 0 Å². The molecule has 9 nitrogen and oxygen atoms in total. The van der Waals surface area contributed by atoms with Crippen LogP contribution in [0.1, 0.15) is 45.3 Å². The van der Waals surface area contributed by atoms with Gasteiger partial charge in [0.2, 0.25) is 0 Å². The minimum Gasteiger partial charge on any atom is -0.462 e. The summed E-state index contributed by atoms with van der Waals surface area (Å²) in [5.74, 6) is -1.04. The number of rotatable bonds is 9. The number of aryl methyl sites for hydroxylation is 1. The van der Waals surface area contributed by atoms with Crippen LogP contribution < -0.4 is 11.4 Å². The van der Waals surface area contributed by atoms with Crippen LogP contribution >= 0.6 is 0 Å². The van der Waals surface area contributed by atoms with Crippen molar-refractivity contribution in [1.82, 2.24) is 9.55 Å². The van der Waals surface area contributed by atoms with Gasteiger partial charge in [0.05, 0.1) is 17.7 Å². The fraction of sp³-hybridized carbons (Fsp3) is 0.250. The number of benzene rings is 2. The minimum atomic E-state index is -1.33. The van der Waals surface area contributed by atoms with Gasteiger partial charge in [0.15, 0.2) is 0 Å². The van der Waals surface area contributed by atoms with Crippen molar-refractivity contribution in [3.8, 4) is 0 Å². The van der Waals surface area contributed by atoms with Crippen molar-refractivity contribution >= 4 is 17.8 Å². The molecule has 2 unspecified atom stereocenters. The van der Waals surface area contributed by atoms with Crippen molar-refractivity contribution < 1.29 is 24.2 Å². The fourth-order valence-electron chi connectivity index (χ4n) is 3.10. The second kappa shape index (κ2) is 11.1. The maximum Gasteiger partial charge on any atom is 0.351 e. The summed E-state index contributed by atoms with van der Waals surface area (Å²) in [4.78, 5) is 40.6. The van der Waals surface area contributed by atoms with E-state index in [0.717, 1.165) is 4.57 Å². The van der Waals surface area contributed by atoms with Gasteiger partial charge in [-0.15, -0.1) is 0 Å². The second-order valence-electron chi connectivity index (χ2n) is 7.40. The number of aromatic nitrogens is 2. The largest absolute Gasteiger partial charge is 0.462 e. The molecule has 0 amide bonds. The molecule has 1 aromatic heterocycles. The first-order chi connectivity index (χ1) is 15.8. The summed E-state index contributed by atoms with van der Waals surface area (Å²) in [6, 6.07) is 16.8.